The molecule has 120 valence electrons. The van der Waals surface area contributed by atoms with Crippen molar-refractivity contribution in [3.63, 3.8) is 0 Å². The first-order valence-corrected chi connectivity index (χ1v) is 7.76. The third kappa shape index (κ3) is 3.43. The number of carbonyl (C=O) groups is 2. The Morgan fingerprint density at radius 3 is 1.75 bits per heavy atom. The van der Waals surface area contributed by atoms with Crippen molar-refractivity contribution in [1.82, 2.24) is 10.3 Å². The van der Waals surface area contributed by atoms with Crippen molar-refractivity contribution in [2.75, 3.05) is 0 Å². The van der Waals surface area contributed by atoms with Crippen molar-refractivity contribution < 1.29 is 9.59 Å². The third-order valence-corrected chi connectivity index (χ3v) is 3.85. The van der Waals surface area contributed by atoms with Crippen molar-refractivity contribution in [2.45, 2.75) is 13.0 Å². The Morgan fingerprint density at radius 2 is 1.29 bits per heavy atom. The van der Waals surface area contributed by atoms with Crippen LogP contribution >= 0.6 is 0 Å². The van der Waals surface area contributed by atoms with E-state index in [2.05, 4.69) is 10.3 Å². The highest BCUT2D eigenvalue weighted by molar-refractivity contribution is 5.97. The molecule has 0 aliphatic heterocycles. The van der Waals surface area contributed by atoms with E-state index in [9.17, 15) is 9.59 Å². The molecule has 0 aliphatic carbocycles. The molecule has 3 aromatic rings. The number of benzene rings is 2. The topological polar surface area (TPSA) is 62.0 Å². The van der Waals surface area contributed by atoms with Crippen LogP contribution in [0.4, 0.5) is 0 Å². The van der Waals surface area contributed by atoms with Crippen molar-refractivity contribution in [2.24, 2.45) is 0 Å². The van der Waals surface area contributed by atoms with Gasteiger partial charge in [0.1, 0.15) is 5.69 Å². The van der Waals surface area contributed by atoms with Gasteiger partial charge in [-0.3, -0.25) is 9.59 Å². The first kappa shape index (κ1) is 15.7. The summed E-state index contributed by atoms with van der Waals surface area (Å²) >= 11 is 0. The molecule has 0 unspecified atom stereocenters. The minimum atomic E-state index is -0.260. The molecule has 0 spiro atoms. The summed E-state index contributed by atoms with van der Waals surface area (Å²) in [4.78, 5) is 26.8. The number of ketones is 1. The van der Waals surface area contributed by atoms with Crippen LogP contribution in [0.5, 0.6) is 0 Å². The number of Topliss-reactive ketones (excluding diaryl/α,β-unsaturated/α-hetero) is 1. The second kappa shape index (κ2) is 6.96. The standard InChI is InChI=1S/C20H18N2O2/c1-14(23)17-12-13-18(21-17)20(24)22-19(15-8-4-2-5-9-15)16-10-6-3-7-11-16/h2-13,19,21H,1H3,(H,22,24). The summed E-state index contributed by atoms with van der Waals surface area (Å²) in [6.45, 7) is 1.46. The second-order valence-electron chi connectivity index (χ2n) is 5.57. The molecule has 0 fully saturated rings. The van der Waals surface area contributed by atoms with Gasteiger partial charge >= 0.3 is 0 Å². The molecule has 0 radical (unpaired) electrons. The number of hydrogen-bond acceptors (Lipinski definition) is 2. The first-order valence-electron chi connectivity index (χ1n) is 7.76. The molecular formula is C20H18N2O2. The fourth-order valence-electron chi connectivity index (χ4n) is 2.59. The number of rotatable bonds is 5. The lowest BCUT2D eigenvalue weighted by Crippen LogP contribution is -2.29. The molecule has 1 amide bonds. The van der Waals surface area contributed by atoms with Crippen LogP contribution in [-0.4, -0.2) is 16.7 Å². The van der Waals surface area contributed by atoms with Crippen molar-refractivity contribution in [3.8, 4) is 0 Å². The summed E-state index contributed by atoms with van der Waals surface area (Å²) in [5.41, 5.74) is 2.79. The smallest absolute Gasteiger partial charge is 0.268 e. The van der Waals surface area contributed by atoms with E-state index in [0.717, 1.165) is 11.1 Å². The van der Waals surface area contributed by atoms with Gasteiger partial charge in [-0.15, -0.1) is 0 Å². The fraction of sp³-hybridized carbons (Fsp3) is 0.100. The van der Waals surface area contributed by atoms with E-state index in [1.807, 2.05) is 60.7 Å². The van der Waals surface area contributed by atoms with Gasteiger partial charge < -0.3 is 10.3 Å². The van der Waals surface area contributed by atoms with Gasteiger partial charge in [-0.2, -0.15) is 0 Å². The number of carbonyl (C=O) groups excluding carboxylic acids is 2. The monoisotopic (exact) mass is 318 g/mol. The number of aromatic amines is 1. The molecule has 0 saturated carbocycles. The van der Waals surface area contributed by atoms with E-state index in [-0.39, 0.29) is 17.7 Å². The lowest BCUT2D eigenvalue weighted by atomic mass is 9.98. The molecule has 3 rings (SSSR count). The summed E-state index contributed by atoms with van der Waals surface area (Å²) in [6.07, 6.45) is 0. The number of hydrogen-bond donors (Lipinski definition) is 2. The Kier molecular flexibility index (Phi) is 4.57. The van der Waals surface area contributed by atoms with Gasteiger partial charge in [-0.05, 0) is 23.3 Å². The summed E-state index contributed by atoms with van der Waals surface area (Å²) in [5.74, 6) is -0.350. The lowest BCUT2D eigenvalue weighted by molar-refractivity contribution is 0.0938. The van der Waals surface area contributed by atoms with Crippen molar-refractivity contribution in [3.05, 3.63) is 95.3 Å². The lowest BCUT2D eigenvalue weighted by Gasteiger charge is -2.19. The van der Waals surface area contributed by atoms with E-state index in [4.69, 9.17) is 0 Å². The normalized spacial score (nSPS) is 10.6. The number of aromatic nitrogens is 1. The average molecular weight is 318 g/mol. The maximum atomic E-state index is 12.6. The Balaban J connectivity index is 1.89. The molecule has 2 N–H and O–H groups in total. The molecule has 0 saturated heterocycles. The predicted octanol–water partition coefficient (Wildman–Crippen LogP) is 3.74. The van der Waals surface area contributed by atoms with Crippen LogP contribution in [0.2, 0.25) is 0 Å². The van der Waals surface area contributed by atoms with Crippen LogP contribution in [0.3, 0.4) is 0 Å². The molecular weight excluding hydrogens is 300 g/mol. The number of amides is 1. The van der Waals surface area contributed by atoms with Gasteiger partial charge in [0.2, 0.25) is 0 Å². The second-order valence-corrected chi connectivity index (χ2v) is 5.57. The minimum Gasteiger partial charge on any atom is -0.348 e. The largest absolute Gasteiger partial charge is 0.348 e. The number of nitrogens with one attached hydrogen (secondary N) is 2. The SMILES string of the molecule is CC(=O)c1ccc(C(=O)NC(c2ccccc2)c2ccccc2)[nH]1. The number of H-pyrrole nitrogens is 1. The Labute approximate surface area is 140 Å². The summed E-state index contributed by atoms with van der Waals surface area (Å²) in [7, 11) is 0. The van der Waals surface area contributed by atoms with E-state index >= 15 is 0 Å². The summed E-state index contributed by atoms with van der Waals surface area (Å²) in [6, 6.07) is 22.6. The summed E-state index contributed by atoms with van der Waals surface area (Å²) in [5, 5.41) is 3.04. The van der Waals surface area contributed by atoms with Crippen LogP contribution in [0.15, 0.2) is 72.8 Å². The summed E-state index contributed by atoms with van der Waals surface area (Å²) < 4.78 is 0. The first-order chi connectivity index (χ1) is 11.6. The van der Waals surface area contributed by atoms with E-state index in [1.165, 1.54) is 6.92 Å². The van der Waals surface area contributed by atoms with Crippen LogP contribution in [0.1, 0.15) is 45.1 Å². The molecule has 1 aromatic heterocycles. The van der Waals surface area contributed by atoms with Crippen LogP contribution < -0.4 is 5.32 Å². The van der Waals surface area contributed by atoms with Crippen molar-refractivity contribution >= 4 is 11.7 Å². The Bertz CT molecular complexity index is 799. The highest BCUT2D eigenvalue weighted by Gasteiger charge is 2.18. The molecule has 0 atom stereocenters. The van der Waals surface area contributed by atoms with Crippen LogP contribution in [0.25, 0.3) is 0 Å². The average Bonchev–Trinajstić information content (AvgIpc) is 3.11. The van der Waals surface area contributed by atoms with E-state index in [0.29, 0.717) is 11.4 Å². The molecule has 24 heavy (non-hydrogen) atoms. The molecule has 2 aromatic carbocycles. The van der Waals surface area contributed by atoms with E-state index in [1.54, 1.807) is 12.1 Å². The zero-order chi connectivity index (χ0) is 16.9. The molecule has 4 nitrogen and oxygen atoms in total. The highest BCUT2D eigenvalue weighted by Crippen LogP contribution is 2.22. The predicted molar refractivity (Wildman–Crippen MR) is 93.0 cm³/mol. The molecule has 0 aliphatic rings. The van der Waals surface area contributed by atoms with Crippen LogP contribution in [-0.2, 0) is 0 Å². The van der Waals surface area contributed by atoms with Crippen LogP contribution in [0, 0.1) is 0 Å². The Hall–Kier alpha value is -3.14. The van der Waals surface area contributed by atoms with Gasteiger partial charge in [-0.1, -0.05) is 60.7 Å². The zero-order valence-corrected chi connectivity index (χ0v) is 13.3. The van der Waals surface area contributed by atoms with E-state index < -0.39 is 0 Å². The highest BCUT2D eigenvalue weighted by atomic mass is 16.2. The van der Waals surface area contributed by atoms with Gasteiger partial charge in [0.15, 0.2) is 5.78 Å². The fourth-order valence-corrected chi connectivity index (χ4v) is 2.59. The minimum absolute atomic E-state index is 0.100. The zero-order valence-electron chi connectivity index (χ0n) is 13.3. The van der Waals surface area contributed by atoms with Crippen molar-refractivity contribution in [1.29, 1.82) is 0 Å². The molecule has 0 bridgehead atoms. The molecule has 4 heteroatoms. The maximum Gasteiger partial charge on any atom is 0.268 e. The van der Waals surface area contributed by atoms with Gasteiger partial charge in [0, 0.05) is 6.92 Å². The van der Waals surface area contributed by atoms with Gasteiger partial charge in [0.25, 0.3) is 5.91 Å². The molecule has 1 heterocycles. The van der Waals surface area contributed by atoms with Gasteiger partial charge in [0.05, 0.1) is 11.7 Å². The Morgan fingerprint density at radius 1 is 0.792 bits per heavy atom. The third-order valence-electron chi connectivity index (χ3n) is 3.85. The van der Waals surface area contributed by atoms with Gasteiger partial charge in [-0.25, -0.2) is 0 Å². The quantitative estimate of drug-likeness (QED) is 0.704. The maximum absolute atomic E-state index is 12.6.